The van der Waals surface area contributed by atoms with Crippen molar-refractivity contribution in [3.05, 3.63) is 71.6 Å². The van der Waals surface area contributed by atoms with E-state index in [9.17, 15) is 4.79 Å². The van der Waals surface area contributed by atoms with Crippen LogP contribution >= 0.6 is 0 Å². The topological polar surface area (TPSA) is 59.2 Å². The van der Waals surface area contributed by atoms with Crippen molar-refractivity contribution in [3.63, 3.8) is 0 Å². The molecule has 0 aliphatic carbocycles. The Labute approximate surface area is 190 Å². The van der Waals surface area contributed by atoms with Crippen LogP contribution in [0.5, 0.6) is 0 Å². The summed E-state index contributed by atoms with van der Waals surface area (Å²) in [7, 11) is 1.86. The number of carbonyl (C=O) groups is 1. The molecule has 7 nitrogen and oxygen atoms in total. The number of imidazole rings is 1. The molecule has 1 fully saturated rings. The first-order valence-corrected chi connectivity index (χ1v) is 11.4. The SMILES string of the molecule is Cn1nc(C(C)(C)C)cc1C(=O)N1CCCN(Cc2nccn2Cc2ccccc2)CC1. The molecule has 3 aromatic rings. The van der Waals surface area contributed by atoms with Gasteiger partial charge in [0.1, 0.15) is 11.5 Å². The third-order valence-electron chi connectivity index (χ3n) is 6.11. The maximum Gasteiger partial charge on any atom is 0.272 e. The Bertz CT molecular complexity index is 1050. The highest BCUT2D eigenvalue weighted by Gasteiger charge is 2.26. The molecule has 0 bridgehead atoms. The van der Waals surface area contributed by atoms with Crippen molar-refractivity contribution in [2.75, 3.05) is 26.2 Å². The minimum absolute atomic E-state index is 0.0722. The van der Waals surface area contributed by atoms with Crippen LogP contribution in [0.4, 0.5) is 0 Å². The van der Waals surface area contributed by atoms with Crippen LogP contribution in [0.3, 0.4) is 0 Å². The Morgan fingerprint density at radius 2 is 1.81 bits per heavy atom. The van der Waals surface area contributed by atoms with Gasteiger partial charge in [-0.3, -0.25) is 14.4 Å². The van der Waals surface area contributed by atoms with E-state index in [4.69, 9.17) is 0 Å². The molecule has 0 saturated carbocycles. The van der Waals surface area contributed by atoms with Gasteiger partial charge < -0.3 is 9.47 Å². The summed E-state index contributed by atoms with van der Waals surface area (Å²) < 4.78 is 3.94. The van der Waals surface area contributed by atoms with Gasteiger partial charge in [0.25, 0.3) is 5.91 Å². The molecule has 1 saturated heterocycles. The van der Waals surface area contributed by atoms with E-state index < -0.39 is 0 Å². The third-order valence-corrected chi connectivity index (χ3v) is 6.11. The minimum Gasteiger partial charge on any atom is -0.336 e. The van der Waals surface area contributed by atoms with Gasteiger partial charge in [0, 0.05) is 57.6 Å². The van der Waals surface area contributed by atoms with Crippen molar-refractivity contribution >= 4 is 5.91 Å². The maximum atomic E-state index is 13.2. The predicted octanol–water partition coefficient (Wildman–Crippen LogP) is 3.31. The number of hydrogen-bond donors (Lipinski definition) is 0. The van der Waals surface area contributed by atoms with Gasteiger partial charge in [-0.25, -0.2) is 4.98 Å². The lowest BCUT2D eigenvalue weighted by molar-refractivity contribution is 0.0750. The van der Waals surface area contributed by atoms with Crippen molar-refractivity contribution in [2.24, 2.45) is 7.05 Å². The van der Waals surface area contributed by atoms with Crippen molar-refractivity contribution in [2.45, 2.75) is 45.7 Å². The summed E-state index contributed by atoms with van der Waals surface area (Å²) in [6.07, 6.45) is 4.88. The standard InChI is InChI=1S/C25H34N6O/c1-25(2,3)22-17-21(28(4)27-22)24(32)30-13-8-12-29(15-16-30)19-23-26-11-14-31(23)18-20-9-6-5-7-10-20/h5-7,9-11,14,17H,8,12-13,15-16,18-19H2,1-4H3. The molecule has 170 valence electrons. The smallest absolute Gasteiger partial charge is 0.272 e. The summed E-state index contributed by atoms with van der Waals surface area (Å²) in [5.41, 5.74) is 2.81. The van der Waals surface area contributed by atoms with Gasteiger partial charge in [-0.15, -0.1) is 0 Å². The highest BCUT2D eigenvalue weighted by atomic mass is 16.2. The summed E-state index contributed by atoms with van der Waals surface area (Å²) in [4.78, 5) is 22.2. The molecule has 1 aromatic carbocycles. The van der Waals surface area contributed by atoms with Gasteiger partial charge >= 0.3 is 0 Å². The molecule has 0 spiro atoms. The fourth-order valence-corrected chi connectivity index (χ4v) is 4.14. The second kappa shape index (κ2) is 9.28. The fourth-order valence-electron chi connectivity index (χ4n) is 4.14. The van der Waals surface area contributed by atoms with Crippen LogP contribution in [0.25, 0.3) is 0 Å². The Kier molecular flexibility index (Phi) is 6.46. The van der Waals surface area contributed by atoms with Crippen LogP contribution < -0.4 is 0 Å². The van der Waals surface area contributed by atoms with Gasteiger partial charge in [-0.1, -0.05) is 51.1 Å². The lowest BCUT2D eigenvalue weighted by Gasteiger charge is -2.22. The van der Waals surface area contributed by atoms with E-state index >= 15 is 0 Å². The molecule has 0 radical (unpaired) electrons. The van der Waals surface area contributed by atoms with E-state index in [0.717, 1.165) is 50.7 Å². The predicted molar refractivity (Wildman–Crippen MR) is 125 cm³/mol. The summed E-state index contributed by atoms with van der Waals surface area (Å²) in [6, 6.07) is 12.4. The number of carbonyl (C=O) groups excluding carboxylic acids is 1. The molecule has 1 aliphatic rings. The largest absolute Gasteiger partial charge is 0.336 e. The van der Waals surface area contributed by atoms with Gasteiger partial charge in [0.15, 0.2) is 0 Å². The lowest BCUT2D eigenvalue weighted by Crippen LogP contribution is -2.36. The number of benzene rings is 1. The zero-order valence-corrected chi connectivity index (χ0v) is 19.7. The molecule has 0 atom stereocenters. The molecule has 1 amide bonds. The second-order valence-corrected chi connectivity index (χ2v) is 9.67. The van der Waals surface area contributed by atoms with Crippen LogP contribution in [0, 0.1) is 0 Å². The summed E-state index contributed by atoms with van der Waals surface area (Å²) in [5, 5.41) is 4.58. The molecule has 7 heteroatoms. The quantitative estimate of drug-likeness (QED) is 0.618. The summed E-state index contributed by atoms with van der Waals surface area (Å²) >= 11 is 0. The van der Waals surface area contributed by atoms with E-state index in [1.54, 1.807) is 4.68 Å². The van der Waals surface area contributed by atoms with E-state index in [0.29, 0.717) is 12.2 Å². The fraction of sp³-hybridized carbons (Fsp3) is 0.480. The first-order valence-electron chi connectivity index (χ1n) is 11.4. The lowest BCUT2D eigenvalue weighted by atomic mass is 9.92. The van der Waals surface area contributed by atoms with Crippen molar-refractivity contribution in [3.8, 4) is 0 Å². The van der Waals surface area contributed by atoms with E-state index in [1.807, 2.05) is 36.5 Å². The van der Waals surface area contributed by atoms with E-state index in [1.165, 1.54) is 5.56 Å². The van der Waals surface area contributed by atoms with Crippen LogP contribution in [0.1, 0.15) is 54.8 Å². The minimum atomic E-state index is -0.0759. The van der Waals surface area contributed by atoms with E-state index in [-0.39, 0.29) is 11.3 Å². The van der Waals surface area contributed by atoms with Gasteiger partial charge in [-0.05, 0) is 18.1 Å². The van der Waals surface area contributed by atoms with Gasteiger partial charge in [0.05, 0.1) is 12.2 Å². The average molecular weight is 435 g/mol. The van der Waals surface area contributed by atoms with E-state index in [2.05, 4.69) is 64.6 Å². The molecule has 3 heterocycles. The molecule has 0 unspecified atom stereocenters. The van der Waals surface area contributed by atoms with Crippen LogP contribution in [-0.2, 0) is 25.6 Å². The normalized spacial score (nSPS) is 15.7. The van der Waals surface area contributed by atoms with Crippen LogP contribution in [0.15, 0.2) is 48.8 Å². The summed E-state index contributed by atoms with van der Waals surface area (Å²) in [5.74, 6) is 1.14. The molecule has 32 heavy (non-hydrogen) atoms. The maximum absolute atomic E-state index is 13.2. The number of hydrogen-bond acceptors (Lipinski definition) is 4. The average Bonchev–Trinajstić information content (AvgIpc) is 3.28. The number of nitrogens with zero attached hydrogens (tertiary/aromatic N) is 6. The highest BCUT2D eigenvalue weighted by molar-refractivity contribution is 5.92. The number of aryl methyl sites for hydroxylation is 1. The molecular formula is C25H34N6O. The van der Waals surface area contributed by atoms with Crippen molar-refractivity contribution in [1.82, 2.24) is 29.1 Å². The molecule has 1 aliphatic heterocycles. The molecular weight excluding hydrogens is 400 g/mol. The Balaban J connectivity index is 1.39. The number of rotatable bonds is 5. The Hall–Kier alpha value is -2.93. The van der Waals surface area contributed by atoms with Gasteiger partial charge in [0.2, 0.25) is 0 Å². The Morgan fingerprint density at radius 3 is 2.53 bits per heavy atom. The summed E-state index contributed by atoms with van der Waals surface area (Å²) in [6.45, 7) is 11.3. The highest BCUT2D eigenvalue weighted by Crippen LogP contribution is 2.22. The van der Waals surface area contributed by atoms with Crippen LogP contribution in [-0.4, -0.2) is 61.2 Å². The monoisotopic (exact) mass is 434 g/mol. The molecule has 2 aromatic heterocycles. The first-order chi connectivity index (χ1) is 15.3. The van der Waals surface area contributed by atoms with Crippen LogP contribution in [0.2, 0.25) is 0 Å². The number of aromatic nitrogens is 4. The zero-order chi connectivity index (χ0) is 22.7. The second-order valence-electron chi connectivity index (χ2n) is 9.67. The third kappa shape index (κ3) is 5.10. The van der Waals surface area contributed by atoms with Crippen molar-refractivity contribution < 1.29 is 4.79 Å². The van der Waals surface area contributed by atoms with Crippen molar-refractivity contribution in [1.29, 1.82) is 0 Å². The number of amides is 1. The first kappa shape index (κ1) is 22.3. The molecule has 0 N–H and O–H groups in total. The van der Waals surface area contributed by atoms with Gasteiger partial charge in [-0.2, -0.15) is 5.10 Å². The zero-order valence-electron chi connectivity index (χ0n) is 19.7. The Morgan fingerprint density at radius 1 is 1.03 bits per heavy atom. The molecule has 4 rings (SSSR count).